The number of non-ortho nitro benzene ring substituents is 1. The molecule has 0 bridgehead atoms. The molecular formula is C15H16N3O4+. The molecule has 114 valence electrons. The third-order valence-corrected chi connectivity index (χ3v) is 3.15. The number of nitrogens with zero attached hydrogens (tertiary/aromatic N) is 2. The molecule has 0 saturated carbocycles. The third-order valence-electron chi connectivity index (χ3n) is 3.15. The molecule has 1 aromatic carbocycles. The molecule has 0 aliphatic heterocycles. The van der Waals surface area contributed by atoms with Crippen LogP contribution in [-0.2, 0) is 11.3 Å². The summed E-state index contributed by atoms with van der Waals surface area (Å²) in [7, 11) is 1.44. The Morgan fingerprint density at radius 3 is 2.77 bits per heavy atom. The number of carbonyl (C=O) groups is 1. The second-order valence-corrected chi connectivity index (χ2v) is 4.66. The molecule has 22 heavy (non-hydrogen) atoms. The summed E-state index contributed by atoms with van der Waals surface area (Å²) in [5.74, 6) is 0.0758. The van der Waals surface area contributed by atoms with Gasteiger partial charge in [0.1, 0.15) is 5.75 Å². The summed E-state index contributed by atoms with van der Waals surface area (Å²) < 4.78 is 6.89. The lowest BCUT2D eigenvalue weighted by molar-refractivity contribution is -0.690. The van der Waals surface area contributed by atoms with Crippen molar-refractivity contribution in [2.24, 2.45) is 0 Å². The highest BCUT2D eigenvalue weighted by molar-refractivity contribution is 5.91. The van der Waals surface area contributed by atoms with Gasteiger partial charge in [0.15, 0.2) is 11.9 Å². The maximum atomic E-state index is 12.1. The van der Waals surface area contributed by atoms with Crippen molar-refractivity contribution < 1.29 is 19.0 Å². The summed E-state index contributed by atoms with van der Waals surface area (Å²) in [6, 6.07) is 9.65. The normalized spacial score (nSPS) is 10.1. The quantitative estimate of drug-likeness (QED) is 0.519. The van der Waals surface area contributed by atoms with Crippen molar-refractivity contribution in [2.45, 2.75) is 13.5 Å². The van der Waals surface area contributed by atoms with Gasteiger partial charge >= 0.3 is 0 Å². The van der Waals surface area contributed by atoms with E-state index in [0.29, 0.717) is 5.75 Å². The van der Waals surface area contributed by atoms with Crippen LogP contribution in [0.3, 0.4) is 0 Å². The minimum Gasteiger partial charge on any atom is -0.495 e. The summed E-state index contributed by atoms with van der Waals surface area (Å²) >= 11 is 0. The zero-order valence-corrected chi connectivity index (χ0v) is 12.3. The fraction of sp³-hybridized carbons (Fsp3) is 0.200. The van der Waals surface area contributed by atoms with Gasteiger partial charge in [0.05, 0.1) is 17.7 Å². The average Bonchev–Trinajstić information content (AvgIpc) is 2.49. The first-order chi connectivity index (χ1) is 10.5. The van der Waals surface area contributed by atoms with Crippen molar-refractivity contribution in [1.82, 2.24) is 0 Å². The molecule has 0 saturated heterocycles. The lowest BCUT2D eigenvalue weighted by Gasteiger charge is -2.09. The fourth-order valence-corrected chi connectivity index (χ4v) is 1.99. The third kappa shape index (κ3) is 3.57. The summed E-state index contributed by atoms with van der Waals surface area (Å²) in [6.07, 6.45) is 1.79. The molecule has 2 aromatic rings. The van der Waals surface area contributed by atoms with Crippen molar-refractivity contribution in [3.63, 3.8) is 0 Å². The van der Waals surface area contributed by atoms with E-state index >= 15 is 0 Å². The number of amides is 1. The van der Waals surface area contributed by atoms with Crippen LogP contribution in [0.15, 0.2) is 42.6 Å². The van der Waals surface area contributed by atoms with E-state index in [2.05, 4.69) is 5.32 Å². The Hall–Kier alpha value is -2.96. The molecule has 7 heteroatoms. The minimum atomic E-state index is -0.523. The summed E-state index contributed by atoms with van der Waals surface area (Å²) in [4.78, 5) is 22.4. The average molecular weight is 302 g/mol. The molecule has 1 heterocycles. The Balaban J connectivity index is 2.19. The Labute approximate surface area is 127 Å². The number of nitro benzene ring substituents is 1. The van der Waals surface area contributed by atoms with Crippen LogP contribution in [0, 0.1) is 17.0 Å². The number of anilines is 1. The van der Waals surface area contributed by atoms with E-state index in [1.165, 1.54) is 25.3 Å². The number of hydrogen-bond acceptors (Lipinski definition) is 4. The van der Waals surface area contributed by atoms with Gasteiger partial charge in [-0.1, -0.05) is 6.07 Å². The SMILES string of the molecule is COc1ccc([N+](=O)[O-])cc1NC(=O)C[n+]1ccccc1C. The minimum absolute atomic E-state index is 0.110. The molecule has 0 fully saturated rings. The van der Waals surface area contributed by atoms with Gasteiger partial charge in [-0.25, -0.2) is 0 Å². The summed E-state index contributed by atoms with van der Waals surface area (Å²) in [6.45, 7) is 2.00. The topological polar surface area (TPSA) is 85.3 Å². The number of hydrogen-bond donors (Lipinski definition) is 1. The molecule has 0 spiro atoms. The molecule has 0 aliphatic carbocycles. The lowest BCUT2D eigenvalue weighted by atomic mass is 10.2. The predicted octanol–water partition coefficient (Wildman–Crippen LogP) is 1.84. The van der Waals surface area contributed by atoms with Crippen LogP contribution in [0.5, 0.6) is 5.75 Å². The lowest BCUT2D eigenvalue weighted by Crippen LogP contribution is -2.42. The van der Waals surface area contributed by atoms with Gasteiger partial charge in [-0.15, -0.1) is 0 Å². The molecular weight excluding hydrogens is 286 g/mol. The van der Waals surface area contributed by atoms with E-state index < -0.39 is 4.92 Å². The zero-order chi connectivity index (χ0) is 16.1. The first-order valence-electron chi connectivity index (χ1n) is 6.58. The maximum absolute atomic E-state index is 12.1. The first kappa shape index (κ1) is 15.4. The number of aromatic nitrogens is 1. The smallest absolute Gasteiger partial charge is 0.290 e. The van der Waals surface area contributed by atoms with Gasteiger partial charge < -0.3 is 10.1 Å². The van der Waals surface area contributed by atoms with Gasteiger partial charge in [0.25, 0.3) is 11.6 Å². The van der Waals surface area contributed by atoms with E-state index in [1.54, 1.807) is 10.8 Å². The molecule has 1 N–H and O–H groups in total. The Bertz CT molecular complexity index is 716. The first-order valence-corrected chi connectivity index (χ1v) is 6.58. The predicted molar refractivity (Wildman–Crippen MR) is 79.7 cm³/mol. The number of carbonyl (C=O) groups excluding carboxylic acids is 1. The number of rotatable bonds is 5. The van der Waals surface area contributed by atoms with Crippen LogP contribution in [0.4, 0.5) is 11.4 Å². The van der Waals surface area contributed by atoms with Crippen LogP contribution in [0.25, 0.3) is 0 Å². The Morgan fingerprint density at radius 1 is 1.36 bits per heavy atom. The van der Waals surface area contributed by atoms with Crippen LogP contribution < -0.4 is 14.6 Å². The standard InChI is InChI=1S/C15H15N3O4/c1-11-5-3-4-8-17(11)10-15(19)16-13-9-12(18(20)21)6-7-14(13)22-2/h3-9H,10H2,1-2H3/p+1. The highest BCUT2D eigenvalue weighted by atomic mass is 16.6. The van der Waals surface area contributed by atoms with Crippen molar-refractivity contribution in [3.05, 3.63) is 58.4 Å². The van der Waals surface area contributed by atoms with Gasteiger partial charge in [-0.2, -0.15) is 4.57 Å². The molecule has 0 aliphatic rings. The molecule has 1 amide bonds. The summed E-state index contributed by atoms with van der Waals surface area (Å²) in [5, 5.41) is 13.5. The number of nitro groups is 1. The van der Waals surface area contributed by atoms with E-state index in [-0.39, 0.29) is 23.8 Å². The van der Waals surface area contributed by atoms with Gasteiger partial charge in [0, 0.05) is 31.2 Å². The van der Waals surface area contributed by atoms with Crippen LogP contribution in [-0.4, -0.2) is 17.9 Å². The maximum Gasteiger partial charge on any atom is 0.290 e. The van der Waals surface area contributed by atoms with Crippen LogP contribution in [0.1, 0.15) is 5.69 Å². The number of aryl methyl sites for hydroxylation is 1. The van der Waals surface area contributed by atoms with E-state index in [9.17, 15) is 14.9 Å². The zero-order valence-electron chi connectivity index (χ0n) is 12.3. The summed E-state index contributed by atoms with van der Waals surface area (Å²) in [5.41, 5.74) is 1.10. The monoisotopic (exact) mass is 302 g/mol. The second-order valence-electron chi connectivity index (χ2n) is 4.66. The van der Waals surface area contributed by atoms with Crippen molar-refractivity contribution >= 4 is 17.3 Å². The molecule has 0 atom stereocenters. The molecule has 1 aromatic heterocycles. The highest BCUT2D eigenvalue weighted by Crippen LogP contribution is 2.28. The number of nitrogens with one attached hydrogen (secondary N) is 1. The van der Waals surface area contributed by atoms with Crippen molar-refractivity contribution in [2.75, 3.05) is 12.4 Å². The Morgan fingerprint density at radius 2 is 2.14 bits per heavy atom. The van der Waals surface area contributed by atoms with Crippen LogP contribution in [0.2, 0.25) is 0 Å². The van der Waals surface area contributed by atoms with Gasteiger partial charge in [-0.05, 0) is 6.07 Å². The molecule has 2 rings (SSSR count). The van der Waals surface area contributed by atoms with Crippen molar-refractivity contribution in [1.29, 1.82) is 0 Å². The van der Waals surface area contributed by atoms with Crippen LogP contribution >= 0.6 is 0 Å². The molecule has 0 unspecified atom stereocenters. The number of pyridine rings is 1. The second kappa shape index (κ2) is 6.66. The number of ether oxygens (including phenoxy) is 1. The van der Waals surface area contributed by atoms with Crippen molar-refractivity contribution in [3.8, 4) is 5.75 Å². The number of methoxy groups -OCH3 is 1. The van der Waals surface area contributed by atoms with Gasteiger partial charge in [-0.3, -0.25) is 14.9 Å². The largest absolute Gasteiger partial charge is 0.495 e. The molecule has 0 radical (unpaired) electrons. The van der Waals surface area contributed by atoms with E-state index in [4.69, 9.17) is 4.74 Å². The van der Waals surface area contributed by atoms with E-state index in [1.807, 2.05) is 25.1 Å². The van der Waals surface area contributed by atoms with E-state index in [0.717, 1.165) is 5.69 Å². The highest BCUT2D eigenvalue weighted by Gasteiger charge is 2.16. The Kier molecular flexibility index (Phi) is 4.67. The molecule has 7 nitrogen and oxygen atoms in total. The van der Waals surface area contributed by atoms with Gasteiger partial charge in [0.2, 0.25) is 6.54 Å². The number of benzene rings is 1. The fourth-order valence-electron chi connectivity index (χ4n) is 1.99.